The summed E-state index contributed by atoms with van der Waals surface area (Å²) in [5.41, 5.74) is 0. The highest BCUT2D eigenvalue weighted by Gasteiger charge is 2.11. The summed E-state index contributed by atoms with van der Waals surface area (Å²) < 4.78 is 10.0. The predicted octanol–water partition coefficient (Wildman–Crippen LogP) is 1.96. The third-order valence-corrected chi connectivity index (χ3v) is 1.57. The van der Waals surface area contributed by atoms with Gasteiger partial charge in [0.1, 0.15) is 0 Å². The Morgan fingerprint density at radius 2 is 1.70 bits per heavy atom. The summed E-state index contributed by atoms with van der Waals surface area (Å²) in [4.78, 5) is 0. The number of unbranched alkanes of at least 4 members (excludes halogenated alkanes) is 2. The predicted molar refractivity (Wildman–Crippen MR) is 44.1 cm³/mol. The second kappa shape index (κ2) is 7.10. The zero-order chi connectivity index (χ0) is 7.82. The Labute approximate surface area is 64.0 Å². The highest BCUT2D eigenvalue weighted by Crippen LogP contribution is 2.04. The summed E-state index contributed by atoms with van der Waals surface area (Å²) in [6, 6.07) is 0. The minimum absolute atomic E-state index is 0.00606. The lowest BCUT2D eigenvalue weighted by Gasteiger charge is -2.06. The van der Waals surface area contributed by atoms with Crippen LogP contribution < -0.4 is 0 Å². The third-order valence-electron chi connectivity index (χ3n) is 1.57. The summed E-state index contributed by atoms with van der Waals surface area (Å²) in [6.45, 7) is 2.19. The normalized spacial score (nSPS) is 9.90. The SMILES string of the molecule is CCCCCB(OC)OC. The van der Waals surface area contributed by atoms with Crippen LogP contribution in [-0.2, 0) is 9.31 Å². The van der Waals surface area contributed by atoms with Gasteiger partial charge in [0, 0.05) is 14.2 Å². The van der Waals surface area contributed by atoms with Crippen molar-refractivity contribution in [3.8, 4) is 0 Å². The lowest BCUT2D eigenvalue weighted by Crippen LogP contribution is -2.18. The van der Waals surface area contributed by atoms with Gasteiger partial charge in [0.15, 0.2) is 0 Å². The van der Waals surface area contributed by atoms with Crippen molar-refractivity contribution in [3.05, 3.63) is 0 Å². The third kappa shape index (κ3) is 4.83. The van der Waals surface area contributed by atoms with E-state index in [0.717, 1.165) is 6.32 Å². The van der Waals surface area contributed by atoms with Gasteiger partial charge in [-0.15, -0.1) is 0 Å². The van der Waals surface area contributed by atoms with Gasteiger partial charge in [-0.3, -0.25) is 0 Å². The molecular formula is C7H17BO2. The molecule has 0 aliphatic rings. The molecule has 0 atom stereocenters. The second-order valence-corrected chi connectivity index (χ2v) is 2.40. The second-order valence-electron chi connectivity index (χ2n) is 2.40. The Morgan fingerprint density at radius 3 is 2.10 bits per heavy atom. The average molecular weight is 144 g/mol. The van der Waals surface area contributed by atoms with Gasteiger partial charge in [-0.2, -0.15) is 0 Å². The molecule has 2 nitrogen and oxygen atoms in total. The van der Waals surface area contributed by atoms with Crippen molar-refractivity contribution in [3.63, 3.8) is 0 Å². The van der Waals surface area contributed by atoms with Gasteiger partial charge in [0.2, 0.25) is 0 Å². The molecule has 0 fully saturated rings. The molecule has 3 heteroatoms. The monoisotopic (exact) mass is 144 g/mol. The molecular weight excluding hydrogens is 127 g/mol. The molecule has 0 radical (unpaired) electrons. The number of rotatable bonds is 6. The first-order valence-corrected chi connectivity index (χ1v) is 3.90. The minimum atomic E-state index is 0.00606. The zero-order valence-electron chi connectivity index (χ0n) is 7.22. The molecule has 0 aromatic rings. The average Bonchev–Trinajstić information content (AvgIpc) is 1.99. The van der Waals surface area contributed by atoms with Crippen LogP contribution in [-0.4, -0.2) is 21.3 Å². The fourth-order valence-corrected chi connectivity index (χ4v) is 0.893. The molecule has 0 saturated heterocycles. The van der Waals surface area contributed by atoms with Crippen LogP contribution in [0, 0.1) is 0 Å². The van der Waals surface area contributed by atoms with Crippen molar-refractivity contribution in [1.82, 2.24) is 0 Å². The Morgan fingerprint density at radius 1 is 1.10 bits per heavy atom. The van der Waals surface area contributed by atoms with Crippen LogP contribution in [0.15, 0.2) is 0 Å². The largest absolute Gasteiger partial charge is 0.456 e. The molecule has 0 spiro atoms. The van der Waals surface area contributed by atoms with Gasteiger partial charge in [-0.25, -0.2) is 0 Å². The lowest BCUT2D eigenvalue weighted by atomic mass is 9.82. The highest BCUT2D eigenvalue weighted by atomic mass is 16.6. The molecule has 0 rings (SSSR count). The summed E-state index contributed by atoms with van der Waals surface area (Å²) in [6.07, 6.45) is 4.73. The molecule has 0 aliphatic heterocycles. The topological polar surface area (TPSA) is 18.5 Å². The van der Waals surface area contributed by atoms with Crippen LogP contribution in [0.1, 0.15) is 26.2 Å². The Balaban J connectivity index is 3.09. The summed E-state index contributed by atoms with van der Waals surface area (Å²) in [5.74, 6) is 0. The van der Waals surface area contributed by atoms with E-state index in [9.17, 15) is 0 Å². The Bertz CT molecular complexity index is 64.6. The van der Waals surface area contributed by atoms with E-state index in [1.165, 1.54) is 19.3 Å². The maximum Gasteiger partial charge on any atom is 0.456 e. The van der Waals surface area contributed by atoms with Crippen LogP contribution in [0.3, 0.4) is 0 Å². The van der Waals surface area contributed by atoms with Crippen molar-refractivity contribution in [2.45, 2.75) is 32.5 Å². The molecule has 10 heavy (non-hydrogen) atoms. The van der Waals surface area contributed by atoms with E-state index in [1.807, 2.05) is 0 Å². The van der Waals surface area contributed by atoms with E-state index in [2.05, 4.69) is 6.92 Å². The first kappa shape index (κ1) is 9.98. The minimum Gasteiger partial charge on any atom is -0.414 e. The van der Waals surface area contributed by atoms with Crippen molar-refractivity contribution in [2.75, 3.05) is 14.2 Å². The molecule has 60 valence electrons. The Kier molecular flexibility index (Phi) is 7.09. The Hall–Kier alpha value is -0.0151. The molecule has 0 heterocycles. The van der Waals surface area contributed by atoms with Crippen molar-refractivity contribution < 1.29 is 9.31 Å². The number of hydrogen-bond acceptors (Lipinski definition) is 2. The number of hydrogen-bond donors (Lipinski definition) is 0. The fourth-order valence-electron chi connectivity index (χ4n) is 0.893. The summed E-state index contributed by atoms with van der Waals surface area (Å²) >= 11 is 0. The van der Waals surface area contributed by atoms with Gasteiger partial charge in [0.25, 0.3) is 0 Å². The maximum absolute atomic E-state index is 5.02. The van der Waals surface area contributed by atoms with Crippen LogP contribution in [0.4, 0.5) is 0 Å². The van der Waals surface area contributed by atoms with E-state index in [-0.39, 0.29) is 7.12 Å². The van der Waals surface area contributed by atoms with Crippen LogP contribution >= 0.6 is 0 Å². The molecule has 0 aromatic carbocycles. The van der Waals surface area contributed by atoms with E-state index in [0.29, 0.717) is 0 Å². The van der Waals surface area contributed by atoms with Crippen LogP contribution in [0.25, 0.3) is 0 Å². The zero-order valence-corrected chi connectivity index (χ0v) is 7.22. The van der Waals surface area contributed by atoms with E-state index in [1.54, 1.807) is 14.2 Å². The highest BCUT2D eigenvalue weighted by molar-refractivity contribution is 6.44. The maximum atomic E-state index is 5.02. The van der Waals surface area contributed by atoms with Gasteiger partial charge in [-0.05, 0) is 6.32 Å². The van der Waals surface area contributed by atoms with Crippen molar-refractivity contribution in [1.29, 1.82) is 0 Å². The van der Waals surface area contributed by atoms with Crippen molar-refractivity contribution >= 4 is 7.12 Å². The first-order chi connectivity index (χ1) is 4.85. The molecule has 0 saturated carbocycles. The first-order valence-electron chi connectivity index (χ1n) is 3.90. The molecule has 0 aliphatic carbocycles. The molecule has 0 aromatic heterocycles. The van der Waals surface area contributed by atoms with Gasteiger partial charge in [-0.1, -0.05) is 26.2 Å². The smallest absolute Gasteiger partial charge is 0.414 e. The molecule has 0 amide bonds. The fraction of sp³-hybridized carbons (Fsp3) is 1.00. The standard InChI is InChI=1S/C7H17BO2/c1-4-5-6-7-8(9-2)10-3/h4-7H2,1-3H3. The quantitative estimate of drug-likeness (QED) is 0.419. The van der Waals surface area contributed by atoms with E-state index >= 15 is 0 Å². The van der Waals surface area contributed by atoms with E-state index < -0.39 is 0 Å². The lowest BCUT2D eigenvalue weighted by molar-refractivity contribution is 0.276. The molecule has 0 bridgehead atoms. The van der Waals surface area contributed by atoms with Crippen molar-refractivity contribution in [2.24, 2.45) is 0 Å². The molecule has 0 N–H and O–H groups in total. The van der Waals surface area contributed by atoms with Gasteiger partial charge < -0.3 is 9.31 Å². The van der Waals surface area contributed by atoms with Crippen LogP contribution in [0.2, 0.25) is 6.32 Å². The van der Waals surface area contributed by atoms with Crippen LogP contribution in [0.5, 0.6) is 0 Å². The van der Waals surface area contributed by atoms with Gasteiger partial charge in [0.05, 0.1) is 0 Å². The summed E-state index contributed by atoms with van der Waals surface area (Å²) in [7, 11) is 3.37. The van der Waals surface area contributed by atoms with E-state index in [4.69, 9.17) is 9.31 Å². The molecule has 0 unspecified atom stereocenters. The summed E-state index contributed by atoms with van der Waals surface area (Å²) in [5, 5.41) is 0. The van der Waals surface area contributed by atoms with Gasteiger partial charge >= 0.3 is 7.12 Å².